The zero-order valence-electron chi connectivity index (χ0n) is 56.1. The summed E-state index contributed by atoms with van der Waals surface area (Å²) in [6, 6.07) is 13.6. The normalized spacial score (nSPS) is 24.3. The summed E-state index contributed by atoms with van der Waals surface area (Å²) in [7, 11) is -6.28. The van der Waals surface area contributed by atoms with Crippen molar-refractivity contribution in [3.05, 3.63) is 124 Å². The molecule has 3 aliphatic heterocycles. The van der Waals surface area contributed by atoms with E-state index in [1.807, 2.05) is 0 Å². The van der Waals surface area contributed by atoms with Gasteiger partial charge in [0.25, 0.3) is 35.5 Å². The number of para-hydroxylation sites is 1. The van der Waals surface area contributed by atoms with Gasteiger partial charge in [-0.05, 0) is 125 Å². The summed E-state index contributed by atoms with van der Waals surface area (Å²) in [5, 5.41) is 7.78. The first kappa shape index (κ1) is 75.8. The van der Waals surface area contributed by atoms with Crippen molar-refractivity contribution in [2.75, 3.05) is 51.8 Å². The molecule has 21 nitrogen and oxygen atoms in total. The molecule has 0 N–H and O–H groups in total. The van der Waals surface area contributed by atoms with E-state index < -0.39 is 131 Å². The number of likely N-dealkylation sites (tertiary alicyclic amines) is 3. The molecule has 6 unspecified atom stereocenters. The van der Waals surface area contributed by atoms with Gasteiger partial charge in [-0.15, -0.1) is 0 Å². The number of hydrogen-bond donors (Lipinski definition) is 0. The first-order chi connectivity index (χ1) is 47.3. The minimum Gasteiger partial charge on any atom is -0.484 e. The van der Waals surface area contributed by atoms with Gasteiger partial charge in [-0.2, -0.15) is 49.6 Å². The summed E-state index contributed by atoms with van der Waals surface area (Å²) in [5.41, 5.74) is -5.86. The Balaban J connectivity index is 0.000000156. The molecule has 7 aliphatic rings. The minimum absolute atomic E-state index is 0.000155. The monoisotopic (exact) mass is 1510 g/mol. The lowest BCUT2D eigenvalue weighted by Crippen LogP contribution is -2.35. The quantitative estimate of drug-likeness (QED) is 0.0725. The highest BCUT2D eigenvalue weighted by atomic mass is 32.2. The van der Waals surface area contributed by atoms with Crippen molar-refractivity contribution in [1.29, 1.82) is 0 Å². The van der Waals surface area contributed by atoms with E-state index in [1.165, 1.54) is 46.9 Å². The Bertz CT molecular complexity index is 4560. The first-order valence-electron chi connectivity index (χ1n) is 31.9. The lowest BCUT2D eigenvalue weighted by molar-refractivity contribution is -0.166. The van der Waals surface area contributed by atoms with Crippen molar-refractivity contribution in [2.45, 2.75) is 160 Å². The third-order valence-corrected chi connectivity index (χ3v) is 22.3. The maximum atomic E-state index is 13.8. The number of nitrogens with zero attached hydrogens (tertiary/aromatic N) is 10. The molecule has 0 radical (unpaired) electrons. The number of carbonyl (C=O) groups excluding carboxylic acids is 3. The highest BCUT2D eigenvalue weighted by molar-refractivity contribution is 7.91. The summed E-state index contributed by atoms with van der Waals surface area (Å²) in [5.74, 6) is -13.5. The van der Waals surface area contributed by atoms with Gasteiger partial charge in [-0.1, -0.05) is 17.3 Å². The van der Waals surface area contributed by atoms with Crippen LogP contribution in [0.5, 0.6) is 17.2 Å². The number of hydrogen-bond acceptors (Lipinski definition) is 17. The van der Waals surface area contributed by atoms with Crippen LogP contribution in [0.4, 0.5) is 65.9 Å². The molecule has 38 heteroatoms. The average molecular weight is 1510 g/mol. The molecule has 6 aromatic rings. The topological polar surface area (TPSA) is 252 Å². The van der Waals surface area contributed by atoms with E-state index in [1.54, 1.807) is 12.1 Å². The number of fused-ring (bicyclic) bond motifs is 3. The van der Waals surface area contributed by atoms with Crippen LogP contribution >= 0.6 is 0 Å². The molecule has 3 amide bonds. The van der Waals surface area contributed by atoms with E-state index in [-0.39, 0.29) is 125 Å². The van der Waals surface area contributed by atoms with Crippen molar-refractivity contribution in [3.8, 4) is 17.2 Å². The second-order valence-electron chi connectivity index (χ2n) is 27.9. The van der Waals surface area contributed by atoms with Gasteiger partial charge < -0.3 is 33.4 Å². The van der Waals surface area contributed by atoms with Gasteiger partial charge in [0, 0.05) is 85.8 Å². The number of ether oxygens (including phenoxy) is 3. The van der Waals surface area contributed by atoms with Crippen molar-refractivity contribution in [3.63, 3.8) is 0 Å². The Kier molecular flexibility index (Phi) is 18.8. The number of alkyl halides is 15. The number of rotatable bonds is 18. The minimum atomic E-state index is -4.65. The molecule has 4 saturated carbocycles. The molecule has 103 heavy (non-hydrogen) atoms. The highest BCUT2D eigenvalue weighted by Gasteiger charge is 2.71. The molecular formula is C65H67F15N10O11S2. The molecule has 9 atom stereocenters. The Morgan fingerprint density at radius 3 is 1.33 bits per heavy atom. The van der Waals surface area contributed by atoms with Crippen LogP contribution in [-0.4, -0.2) is 178 Å². The van der Waals surface area contributed by atoms with Gasteiger partial charge in [-0.3, -0.25) is 14.4 Å². The smallest absolute Gasteiger partial charge is 0.451 e. The summed E-state index contributed by atoms with van der Waals surface area (Å²) >= 11 is 0. The Hall–Kier alpha value is -8.32. The molecule has 13 rings (SSSR count). The SMILES string of the molecule is C[C@@H](Oc1ccc(S(C)(=O)=O)cc1C(=O)N1CC2CC2(c2nccc(C(F)(F)F)n2)C1)C(C)(F)F.C[C@@H](Oc1ccc(S(C)(=O)=O)cc1C(=O)N1CC2CC2(c2noc(C3(C(F)(F)F)CC3)n2)C1)C(C)(F)F.C[C@H](Oc1ccccc1C(=O)N1CC2CC2(c2nc(C(F)(F)F)n(C)n2)C1)C(C)(F)F. The number of aromatic nitrogens is 7. The van der Waals surface area contributed by atoms with Crippen LogP contribution in [0, 0.1) is 17.8 Å². The fraction of sp³-hybridized carbons (Fsp3) is 0.554. The molecule has 4 aliphatic carbocycles. The third-order valence-electron chi connectivity index (χ3n) is 20.1. The summed E-state index contributed by atoms with van der Waals surface area (Å²) in [4.78, 5) is 59.2. The maximum Gasteiger partial charge on any atom is 0.451 e. The Morgan fingerprint density at radius 1 is 0.534 bits per heavy atom. The number of halogens is 15. The molecule has 3 aromatic heterocycles. The van der Waals surface area contributed by atoms with Gasteiger partial charge in [0.2, 0.25) is 11.7 Å². The Labute approximate surface area is 578 Å². The summed E-state index contributed by atoms with van der Waals surface area (Å²) in [6.45, 7) is 6.40. The van der Waals surface area contributed by atoms with Crippen LogP contribution < -0.4 is 14.2 Å². The van der Waals surface area contributed by atoms with Crippen LogP contribution in [0.1, 0.15) is 140 Å². The zero-order valence-corrected chi connectivity index (χ0v) is 57.8. The number of aryl methyl sites for hydroxylation is 1. The second kappa shape index (κ2) is 25.5. The molecule has 3 aromatic carbocycles. The van der Waals surface area contributed by atoms with Crippen LogP contribution in [0.25, 0.3) is 0 Å². The third kappa shape index (κ3) is 14.9. The van der Waals surface area contributed by atoms with Gasteiger partial charge in [0.15, 0.2) is 49.6 Å². The van der Waals surface area contributed by atoms with Gasteiger partial charge in [0.05, 0.1) is 42.7 Å². The van der Waals surface area contributed by atoms with Crippen LogP contribution in [0.3, 0.4) is 0 Å². The highest BCUT2D eigenvalue weighted by Crippen LogP contribution is 2.63. The van der Waals surface area contributed by atoms with E-state index in [4.69, 9.17) is 18.7 Å². The fourth-order valence-electron chi connectivity index (χ4n) is 13.1. The molecule has 3 saturated heterocycles. The Morgan fingerprint density at radius 2 is 0.942 bits per heavy atom. The summed E-state index contributed by atoms with van der Waals surface area (Å²) in [6.07, 6.45) is -14.2. The van der Waals surface area contributed by atoms with E-state index in [0.29, 0.717) is 44.3 Å². The number of piperidine rings is 3. The molecular weight excluding hydrogens is 1450 g/mol. The van der Waals surface area contributed by atoms with Crippen molar-refractivity contribution in [2.24, 2.45) is 24.8 Å². The average Bonchev–Trinajstić information content (AvgIpc) is 1.55. The van der Waals surface area contributed by atoms with Crippen molar-refractivity contribution in [1.82, 2.24) is 49.6 Å². The number of sulfone groups is 2. The molecule has 0 bridgehead atoms. The van der Waals surface area contributed by atoms with Gasteiger partial charge in [-0.25, -0.2) is 62.8 Å². The van der Waals surface area contributed by atoms with Gasteiger partial charge >= 0.3 is 18.5 Å². The van der Waals surface area contributed by atoms with Crippen LogP contribution in [0.2, 0.25) is 0 Å². The largest absolute Gasteiger partial charge is 0.484 e. The van der Waals surface area contributed by atoms with E-state index in [2.05, 4.69) is 30.2 Å². The van der Waals surface area contributed by atoms with E-state index in [0.717, 1.165) is 75.9 Å². The molecule has 6 heterocycles. The van der Waals surface area contributed by atoms with Crippen LogP contribution in [0.15, 0.2) is 87.2 Å². The first-order valence-corrected chi connectivity index (χ1v) is 35.7. The predicted octanol–water partition coefficient (Wildman–Crippen LogP) is 11.3. The summed E-state index contributed by atoms with van der Waals surface area (Å²) < 4.78 is 271. The molecule has 7 fully saturated rings. The number of benzene rings is 3. The second-order valence-corrected chi connectivity index (χ2v) is 31.9. The van der Waals surface area contributed by atoms with E-state index in [9.17, 15) is 97.1 Å². The molecule has 0 spiro atoms. The van der Waals surface area contributed by atoms with Crippen LogP contribution in [-0.2, 0) is 60.7 Å². The maximum absolute atomic E-state index is 13.8. The standard InChI is InChI=1S/C23H24F5N3O5S.C22H22F5N3O4S.C20H21F5N4O2/c1-12(20(2,24)25)35-16-5-4-14(37(3,33)34)8-15(16)17(32)31-10-13-9-21(13,11-31)18-29-19(36-30-18)22(6-7-22)23(26,27)28;1-12(20(2,23)24)34-16-5-4-14(35(3,32)33)8-15(16)18(31)30-10-13-9-21(13,11-30)19-28-7-6-17(29-19)22(25,26)27;1-11(18(2,21)22)31-14-7-5-4-6-13(14)15(30)29-9-12-8-19(12,10-29)16-26-17(20(23,24)25)28(3)27-16/h4-5,8,12-13H,6-7,9-11H2,1-3H3;4-8,12-13H,9-11H2,1-3H3;4-7,11-12H,8-10H2,1-3H3/t2*12-,13?,21?;11-,12?,19?/m110/s1. The van der Waals surface area contributed by atoms with Crippen molar-refractivity contribution < 1.29 is 116 Å². The van der Waals surface area contributed by atoms with E-state index >= 15 is 0 Å². The zero-order chi connectivity index (χ0) is 75.9. The molecule has 560 valence electrons. The lowest BCUT2D eigenvalue weighted by Gasteiger charge is -2.25. The lowest BCUT2D eigenvalue weighted by atomic mass is 10.0. The number of amides is 3. The fourth-order valence-corrected chi connectivity index (χ4v) is 14.4. The van der Waals surface area contributed by atoms with Gasteiger partial charge in [0.1, 0.15) is 34.2 Å². The number of carbonyl (C=O) groups is 3. The van der Waals surface area contributed by atoms with Crippen molar-refractivity contribution >= 4 is 37.4 Å². The predicted molar refractivity (Wildman–Crippen MR) is 329 cm³/mol.